The monoisotopic (exact) mass is 212 g/mol. The van der Waals surface area contributed by atoms with Crippen LogP contribution in [0.25, 0.3) is 0 Å². The Hall–Kier alpha value is -1.16. The van der Waals surface area contributed by atoms with E-state index in [0.717, 1.165) is 0 Å². The molecule has 0 unspecified atom stereocenters. The first-order valence-corrected chi connectivity index (χ1v) is 7.89. The average molecular weight is 212 g/mol. The average Bonchev–Trinajstić information content (AvgIpc) is 2.06. The van der Waals surface area contributed by atoms with Gasteiger partial charge in [0.1, 0.15) is 11.5 Å². The minimum absolute atomic E-state index is 0.131. The molecule has 1 aromatic rings. The Morgan fingerprint density at radius 2 is 1.86 bits per heavy atom. The topological polar surface area (TPSA) is 38.7 Å². The first kappa shape index (κ1) is 10.9. The molecule has 0 aliphatic carbocycles. The van der Waals surface area contributed by atoms with Crippen LogP contribution in [0.1, 0.15) is 0 Å². The summed E-state index contributed by atoms with van der Waals surface area (Å²) in [6.45, 7) is 6.20. The van der Waals surface area contributed by atoms with Crippen molar-refractivity contribution in [2.24, 2.45) is 0 Å². The maximum Gasteiger partial charge on any atom is 0.242 e. The molecule has 1 N–H and O–H groups in total. The summed E-state index contributed by atoms with van der Waals surface area (Å²) in [5.41, 5.74) is 0. The van der Waals surface area contributed by atoms with Crippen LogP contribution in [0.3, 0.4) is 0 Å². The molecule has 0 saturated heterocycles. The second kappa shape index (κ2) is 3.92. The fourth-order valence-electron chi connectivity index (χ4n) is 1.04. The van der Waals surface area contributed by atoms with Gasteiger partial charge >= 0.3 is 0 Å². The zero-order valence-corrected chi connectivity index (χ0v) is 10.00. The summed E-state index contributed by atoms with van der Waals surface area (Å²) in [5, 5.41) is 9.60. The summed E-state index contributed by atoms with van der Waals surface area (Å²) in [6.07, 6.45) is 0. The minimum atomic E-state index is -1.66. The molecule has 0 aliphatic heterocycles. The Balaban J connectivity index is 2.89. The predicted octanol–water partition coefficient (Wildman–Crippen LogP) is 2.61. The number of aromatic hydroxyl groups is 1. The third-order valence-corrected chi connectivity index (χ3v) is 2.41. The molecule has 1 aromatic carbocycles. The summed E-state index contributed by atoms with van der Waals surface area (Å²) in [4.78, 5) is 0. The van der Waals surface area contributed by atoms with E-state index in [1.807, 2.05) is 0 Å². The SMILES string of the molecule is COc1ccc(O[Si](C)(C)C)c(O)c1. The highest BCUT2D eigenvalue weighted by molar-refractivity contribution is 6.70. The highest BCUT2D eigenvalue weighted by Crippen LogP contribution is 2.31. The molecule has 0 aliphatic rings. The second-order valence-corrected chi connectivity index (χ2v) is 8.48. The van der Waals surface area contributed by atoms with E-state index in [-0.39, 0.29) is 5.75 Å². The predicted molar refractivity (Wildman–Crippen MR) is 58.6 cm³/mol. The summed E-state index contributed by atoms with van der Waals surface area (Å²) < 4.78 is 10.6. The third kappa shape index (κ3) is 2.96. The van der Waals surface area contributed by atoms with E-state index in [2.05, 4.69) is 19.6 Å². The van der Waals surface area contributed by atoms with E-state index in [4.69, 9.17) is 9.16 Å². The van der Waals surface area contributed by atoms with Gasteiger partial charge in [0, 0.05) is 6.07 Å². The zero-order valence-electron chi connectivity index (χ0n) is 9.00. The van der Waals surface area contributed by atoms with Gasteiger partial charge in [-0.3, -0.25) is 0 Å². The van der Waals surface area contributed by atoms with Crippen molar-refractivity contribution in [3.63, 3.8) is 0 Å². The lowest BCUT2D eigenvalue weighted by atomic mass is 10.3. The number of hydrogen-bond donors (Lipinski definition) is 1. The first-order valence-electron chi connectivity index (χ1n) is 4.48. The number of rotatable bonds is 3. The van der Waals surface area contributed by atoms with E-state index in [0.29, 0.717) is 11.5 Å². The smallest absolute Gasteiger partial charge is 0.242 e. The Labute approximate surface area is 85.4 Å². The molecule has 4 heteroatoms. The van der Waals surface area contributed by atoms with E-state index in [1.165, 1.54) is 0 Å². The van der Waals surface area contributed by atoms with Crippen molar-refractivity contribution in [1.29, 1.82) is 0 Å². The normalized spacial score (nSPS) is 11.1. The maximum atomic E-state index is 9.60. The largest absolute Gasteiger partial charge is 0.542 e. The molecule has 3 nitrogen and oxygen atoms in total. The Bertz CT molecular complexity index is 318. The number of methoxy groups -OCH3 is 1. The second-order valence-electron chi connectivity index (χ2n) is 4.05. The zero-order chi connectivity index (χ0) is 10.8. The fourth-order valence-corrected chi connectivity index (χ4v) is 1.87. The van der Waals surface area contributed by atoms with Crippen LogP contribution in [-0.2, 0) is 0 Å². The number of benzene rings is 1. The van der Waals surface area contributed by atoms with Crippen LogP contribution in [0.5, 0.6) is 17.2 Å². The first-order chi connectivity index (χ1) is 6.42. The molecule has 0 saturated carbocycles. The third-order valence-electron chi connectivity index (χ3n) is 1.58. The van der Waals surface area contributed by atoms with Crippen LogP contribution in [-0.4, -0.2) is 20.5 Å². The van der Waals surface area contributed by atoms with Gasteiger partial charge in [-0.25, -0.2) is 0 Å². The van der Waals surface area contributed by atoms with Crippen LogP contribution in [0.15, 0.2) is 18.2 Å². The van der Waals surface area contributed by atoms with Crippen LogP contribution < -0.4 is 9.16 Å². The Morgan fingerprint density at radius 1 is 1.21 bits per heavy atom. The van der Waals surface area contributed by atoms with E-state index in [9.17, 15) is 5.11 Å². The molecule has 14 heavy (non-hydrogen) atoms. The lowest BCUT2D eigenvalue weighted by Gasteiger charge is -2.20. The molecule has 0 spiro atoms. The molecule has 0 atom stereocenters. The standard InChI is InChI=1S/C10H16O3Si/c1-12-8-5-6-10(9(11)7-8)13-14(2,3)4/h5-7,11H,1-4H3. The van der Waals surface area contributed by atoms with E-state index >= 15 is 0 Å². The van der Waals surface area contributed by atoms with Gasteiger partial charge in [0.05, 0.1) is 7.11 Å². The van der Waals surface area contributed by atoms with Crippen LogP contribution in [0, 0.1) is 0 Å². The summed E-state index contributed by atoms with van der Waals surface area (Å²) >= 11 is 0. The van der Waals surface area contributed by atoms with Crippen molar-refractivity contribution < 1.29 is 14.3 Å². The van der Waals surface area contributed by atoms with Crippen molar-refractivity contribution in [2.75, 3.05) is 7.11 Å². The van der Waals surface area contributed by atoms with Crippen LogP contribution >= 0.6 is 0 Å². The fraction of sp³-hybridized carbons (Fsp3) is 0.400. The Morgan fingerprint density at radius 3 is 2.29 bits per heavy atom. The number of phenols is 1. The van der Waals surface area contributed by atoms with Gasteiger partial charge in [0.25, 0.3) is 0 Å². The van der Waals surface area contributed by atoms with Gasteiger partial charge < -0.3 is 14.3 Å². The van der Waals surface area contributed by atoms with Crippen molar-refractivity contribution in [1.82, 2.24) is 0 Å². The van der Waals surface area contributed by atoms with Crippen molar-refractivity contribution >= 4 is 8.32 Å². The van der Waals surface area contributed by atoms with Gasteiger partial charge in [-0.15, -0.1) is 0 Å². The number of hydrogen-bond acceptors (Lipinski definition) is 3. The highest BCUT2D eigenvalue weighted by atomic mass is 28.4. The molecule has 0 heterocycles. The van der Waals surface area contributed by atoms with Crippen molar-refractivity contribution in [2.45, 2.75) is 19.6 Å². The summed E-state index contributed by atoms with van der Waals surface area (Å²) in [7, 11) is -0.0945. The number of phenolic OH excluding ortho intramolecular Hbond substituents is 1. The quantitative estimate of drug-likeness (QED) is 0.783. The van der Waals surface area contributed by atoms with E-state index in [1.54, 1.807) is 25.3 Å². The van der Waals surface area contributed by atoms with E-state index < -0.39 is 8.32 Å². The van der Waals surface area contributed by atoms with Gasteiger partial charge in [0.2, 0.25) is 8.32 Å². The number of ether oxygens (including phenoxy) is 1. The maximum absolute atomic E-state index is 9.60. The molecule has 0 amide bonds. The van der Waals surface area contributed by atoms with Gasteiger partial charge in [-0.2, -0.15) is 0 Å². The molecule has 0 radical (unpaired) electrons. The Kier molecular flexibility index (Phi) is 3.05. The van der Waals surface area contributed by atoms with Crippen LogP contribution in [0.4, 0.5) is 0 Å². The lowest BCUT2D eigenvalue weighted by molar-refractivity contribution is 0.399. The van der Waals surface area contributed by atoms with Crippen molar-refractivity contribution in [3.05, 3.63) is 18.2 Å². The molecule has 0 fully saturated rings. The molecule has 0 aromatic heterocycles. The lowest BCUT2D eigenvalue weighted by Crippen LogP contribution is -2.29. The summed E-state index contributed by atoms with van der Waals surface area (Å²) in [6, 6.07) is 5.05. The van der Waals surface area contributed by atoms with Gasteiger partial charge in [-0.05, 0) is 31.8 Å². The molecular weight excluding hydrogens is 196 g/mol. The highest BCUT2D eigenvalue weighted by Gasteiger charge is 2.18. The minimum Gasteiger partial charge on any atom is -0.542 e. The molecule has 0 bridgehead atoms. The summed E-state index contributed by atoms with van der Waals surface area (Å²) in [5.74, 6) is 1.29. The van der Waals surface area contributed by atoms with Crippen LogP contribution in [0.2, 0.25) is 19.6 Å². The molecular formula is C10H16O3Si. The molecule has 78 valence electrons. The van der Waals surface area contributed by atoms with Crippen molar-refractivity contribution in [3.8, 4) is 17.2 Å². The van der Waals surface area contributed by atoms with Gasteiger partial charge in [-0.1, -0.05) is 0 Å². The van der Waals surface area contributed by atoms with Gasteiger partial charge in [0.15, 0.2) is 5.75 Å². The molecule has 1 rings (SSSR count).